The molecule has 0 fully saturated rings. The van der Waals surface area contributed by atoms with Gasteiger partial charge in [0, 0.05) is 23.4 Å². The summed E-state index contributed by atoms with van der Waals surface area (Å²) in [6.07, 6.45) is 0.784. The maximum absolute atomic E-state index is 10.7. The number of hydrogen-bond acceptors (Lipinski definition) is 2. The molecule has 1 atom stereocenters. The lowest BCUT2D eigenvalue weighted by Gasteiger charge is -2.12. The van der Waals surface area contributed by atoms with Crippen molar-refractivity contribution >= 4 is 17.0 Å². The van der Waals surface area contributed by atoms with Crippen molar-refractivity contribution in [2.24, 2.45) is 0 Å². The van der Waals surface area contributed by atoms with Gasteiger partial charge in [0.2, 0.25) is 0 Å². The van der Waals surface area contributed by atoms with Crippen molar-refractivity contribution in [2.75, 3.05) is 4.72 Å². The second-order valence-corrected chi connectivity index (χ2v) is 4.68. The van der Waals surface area contributed by atoms with E-state index in [0.29, 0.717) is 5.69 Å². The van der Waals surface area contributed by atoms with Crippen LogP contribution in [0.2, 0.25) is 0 Å². The molecule has 4 heteroatoms. The zero-order valence-corrected chi connectivity index (χ0v) is 9.79. The molecule has 0 aromatic heterocycles. The van der Waals surface area contributed by atoms with Crippen LogP contribution in [0.15, 0.2) is 42.5 Å². The van der Waals surface area contributed by atoms with Gasteiger partial charge in [-0.05, 0) is 28.3 Å². The van der Waals surface area contributed by atoms with Crippen LogP contribution < -0.4 is 4.72 Å². The van der Waals surface area contributed by atoms with Crippen LogP contribution in [0.25, 0.3) is 11.1 Å². The SMILES string of the molecule is O=S([O-])Nc1cccc2c1Cc1ccccc1-2. The number of benzene rings is 2. The Kier molecular flexibility index (Phi) is 2.46. The molecule has 0 amide bonds. The van der Waals surface area contributed by atoms with Gasteiger partial charge in [-0.15, -0.1) is 0 Å². The van der Waals surface area contributed by atoms with Gasteiger partial charge in [-0.1, -0.05) is 36.4 Å². The Morgan fingerprint density at radius 2 is 1.82 bits per heavy atom. The molecule has 0 saturated carbocycles. The van der Waals surface area contributed by atoms with Crippen LogP contribution in [0, 0.1) is 0 Å². The van der Waals surface area contributed by atoms with E-state index in [9.17, 15) is 8.76 Å². The molecule has 1 unspecified atom stereocenters. The minimum Gasteiger partial charge on any atom is -0.755 e. The maximum Gasteiger partial charge on any atom is 0.0494 e. The number of nitrogens with one attached hydrogen (secondary N) is 1. The first-order chi connectivity index (χ1) is 8.25. The number of hydrogen-bond donors (Lipinski definition) is 1. The first-order valence-corrected chi connectivity index (χ1v) is 6.39. The van der Waals surface area contributed by atoms with Crippen molar-refractivity contribution in [1.82, 2.24) is 0 Å². The molecule has 2 aromatic rings. The highest BCUT2D eigenvalue weighted by molar-refractivity contribution is 7.80. The first kappa shape index (κ1) is 10.5. The molecule has 0 saturated heterocycles. The fourth-order valence-corrected chi connectivity index (χ4v) is 2.71. The van der Waals surface area contributed by atoms with Crippen LogP contribution in [0.4, 0.5) is 5.69 Å². The van der Waals surface area contributed by atoms with Crippen molar-refractivity contribution in [3.05, 3.63) is 53.6 Å². The van der Waals surface area contributed by atoms with E-state index in [2.05, 4.69) is 16.9 Å². The molecule has 3 nitrogen and oxygen atoms in total. The lowest BCUT2D eigenvalue weighted by molar-refractivity contribution is 0.542. The average Bonchev–Trinajstić information content (AvgIpc) is 2.68. The summed E-state index contributed by atoms with van der Waals surface area (Å²) in [7, 11) is 0. The summed E-state index contributed by atoms with van der Waals surface area (Å²) >= 11 is -2.27. The van der Waals surface area contributed by atoms with Crippen LogP contribution >= 0.6 is 0 Å². The van der Waals surface area contributed by atoms with Gasteiger partial charge in [-0.2, -0.15) is 0 Å². The summed E-state index contributed by atoms with van der Waals surface area (Å²) < 4.78 is 23.9. The summed E-state index contributed by atoms with van der Waals surface area (Å²) in [5.74, 6) is 0. The quantitative estimate of drug-likeness (QED) is 0.704. The number of fused-ring (bicyclic) bond motifs is 3. The largest absolute Gasteiger partial charge is 0.755 e. The van der Waals surface area contributed by atoms with Gasteiger partial charge in [-0.3, -0.25) is 4.21 Å². The monoisotopic (exact) mass is 244 g/mol. The molecule has 1 aliphatic rings. The number of anilines is 1. The molecule has 17 heavy (non-hydrogen) atoms. The summed E-state index contributed by atoms with van der Waals surface area (Å²) in [4.78, 5) is 0. The average molecular weight is 244 g/mol. The Labute approximate surface area is 102 Å². The molecule has 2 aromatic carbocycles. The van der Waals surface area contributed by atoms with Crippen molar-refractivity contribution in [1.29, 1.82) is 0 Å². The van der Waals surface area contributed by atoms with E-state index in [1.165, 1.54) is 11.1 Å². The van der Waals surface area contributed by atoms with Crippen molar-refractivity contribution in [3.63, 3.8) is 0 Å². The lowest BCUT2D eigenvalue weighted by atomic mass is 10.1. The van der Waals surface area contributed by atoms with E-state index in [-0.39, 0.29) is 0 Å². The molecule has 0 aliphatic heterocycles. The summed E-state index contributed by atoms with van der Waals surface area (Å²) in [6.45, 7) is 0. The molecular weight excluding hydrogens is 234 g/mol. The molecule has 1 aliphatic carbocycles. The molecule has 0 spiro atoms. The minimum atomic E-state index is -2.27. The van der Waals surface area contributed by atoms with Gasteiger partial charge in [0.05, 0.1) is 0 Å². The van der Waals surface area contributed by atoms with Crippen LogP contribution in [-0.2, 0) is 17.7 Å². The zero-order chi connectivity index (χ0) is 11.8. The summed E-state index contributed by atoms with van der Waals surface area (Å²) in [6, 6.07) is 13.8. The maximum atomic E-state index is 10.7. The third-order valence-electron chi connectivity index (χ3n) is 3.04. The van der Waals surface area contributed by atoms with Crippen LogP contribution in [0.5, 0.6) is 0 Å². The van der Waals surface area contributed by atoms with Gasteiger partial charge < -0.3 is 9.27 Å². The third kappa shape index (κ3) is 1.75. The van der Waals surface area contributed by atoms with E-state index in [1.807, 2.05) is 24.3 Å². The predicted molar refractivity (Wildman–Crippen MR) is 67.2 cm³/mol. The Morgan fingerprint density at radius 3 is 2.65 bits per heavy atom. The topological polar surface area (TPSA) is 52.2 Å². The van der Waals surface area contributed by atoms with E-state index in [4.69, 9.17) is 0 Å². The zero-order valence-electron chi connectivity index (χ0n) is 8.97. The van der Waals surface area contributed by atoms with Crippen LogP contribution in [0.1, 0.15) is 11.1 Å². The Morgan fingerprint density at radius 1 is 1.06 bits per heavy atom. The first-order valence-electron chi connectivity index (χ1n) is 5.32. The highest BCUT2D eigenvalue weighted by atomic mass is 32.2. The highest BCUT2D eigenvalue weighted by Crippen LogP contribution is 2.39. The second-order valence-electron chi connectivity index (χ2n) is 4.00. The Hall–Kier alpha value is -1.65. The summed E-state index contributed by atoms with van der Waals surface area (Å²) in [5, 5.41) is 0. The molecule has 3 rings (SSSR count). The normalized spacial score (nSPS) is 13.9. The molecule has 0 radical (unpaired) electrons. The van der Waals surface area contributed by atoms with Crippen molar-refractivity contribution in [3.8, 4) is 11.1 Å². The highest BCUT2D eigenvalue weighted by Gasteiger charge is 2.20. The molecule has 0 bridgehead atoms. The molecule has 0 heterocycles. The Balaban J connectivity index is 2.14. The fourth-order valence-electron chi connectivity index (χ4n) is 2.34. The lowest BCUT2D eigenvalue weighted by Crippen LogP contribution is -2.04. The van der Waals surface area contributed by atoms with Gasteiger partial charge in [0.25, 0.3) is 0 Å². The van der Waals surface area contributed by atoms with E-state index in [0.717, 1.165) is 17.5 Å². The van der Waals surface area contributed by atoms with E-state index in [1.54, 1.807) is 6.07 Å². The predicted octanol–water partition coefficient (Wildman–Crippen LogP) is 2.46. The van der Waals surface area contributed by atoms with Gasteiger partial charge in [-0.25, -0.2) is 0 Å². The Bertz CT molecular complexity index is 610. The molecule has 86 valence electrons. The minimum absolute atomic E-state index is 0.673. The van der Waals surface area contributed by atoms with Crippen LogP contribution in [0.3, 0.4) is 0 Å². The summed E-state index contributed by atoms with van der Waals surface area (Å²) in [5.41, 5.74) is 5.29. The van der Waals surface area contributed by atoms with E-state index >= 15 is 0 Å². The smallest absolute Gasteiger partial charge is 0.0494 e. The van der Waals surface area contributed by atoms with Gasteiger partial charge in [0.1, 0.15) is 0 Å². The van der Waals surface area contributed by atoms with Gasteiger partial charge in [0.15, 0.2) is 0 Å². The standard InChI is InChI=1S/C13H11NO2S/c15-17(16)14-13-7-3-6-11-10-5-2-1-4-9(10)8-12(11)13/h1-7,14H,8H2,(H,15,16)/p-1. The third-order valence-corrected chi connectivity index (χ3v) is 3.43. The molecular formula is C13H10NO2S-. The van der Waals surface area contributed by atoms with Gasteiger partial charge >= 0.3 is 0 Å². The van der Waals surface area contributed by atoms with E-state index < -0.39 is 11.3 Å². The van der Waals surface area contributed by atoms with Crippen molar-refractivity contribution in [2.45, 2.75) is 6.42 Å². The van der Waals surface area contributed by atoms with Crippen LogP contribution in [-0.4, -0.2) is 8.76 Å². The fraction of sp³-hybridized carbons (Fsp3) is 0.0769. The second kappa shape index (κ2) is 3.98. The number of rotatable bonds is 2. The van der Waals surface area contributed by atoms with Crippen molar-refractivity contribution < 1.29 is 8.76 Å². The molecule has 1 N–H and O–H groups in total.